The van der Waals surface area contributed by atoms with Crippen molar-refractivity contribution in [2.75, 3.05) is 18.0 Å². The van der Waals surface area contributed by atoms with E-state index in [1.807, 2.05) is 38.1 Å². The lowest BCUT2D eigenvalue weighted by molar-refractivity contribution is 0.383. The van der Waals surface area contributed by atoms with Crippen LogP contribution in [0.25, 0.3) is 0 Å². The van der Waals surface area contributed by atoms with Crippen molar-refractivity contribution in [2.45, 2.75) is 33.2 Å². The van der Waals surface area contributed by atoms with E-state index in [4.69, 9.17) is 11.0 Å². The first-order chi connectivity index (χ1) is 8.72. The molecule has 1 aliphatic rings. The number of nitriles is 1. The van der Waals surface area contributed by atoms with Gasteiger partial charge in [-0.25, -0.2) is 0 Å². The van der Waals surface area contributed by atoms with E-state index in [-0.39, 0.29) is 0 Å². The van der Waals surface area contributed by atoms with Gasteiger partial charge in [-0.2, -0.15) is 5.26 Å². The van der Waals surface area contributed by atoms with Crippen LogP contribution in [-0.2, 0) is 0 Å². The summed E-state index contributed by atoms with van der Waals surface area (Å²) >= 11 is 0. The van der Waals surface area contributed by atoms with Crippen molar-refractivity contribution in [1.82, 2.24) is 0 Å². The Balaban J connectivity index is 0.000000771. The van der Waals surface area contributed by atoms with Gasteiger partial charge in [0.05, 0.1) is 11.3 Å². The Kier molecular flexibility index (Phi) is 5.67. The molecule has 3 nitrogen and oxygen atoms in total. The number of piperidine rings is 1. The molecule has 2 N–H and O–H groups in total. The second kappa shape index (κ2) is 7.03. The van der Waals surface area contributed by atoms with Gasteiger partial charge < -0.3 is 10.6 Å². The van der Waals surface area contributed by atoms with E-state index in [0.29, 0.717) is 12.0 Å². The number of anilines is 1. The Morgan fingerprint density at radius 3 is 2.61 bits per heavy atom. The van der Waals surface area contributed by atoms with Crippen LogP contribution in [0.2, 0.25) is 0 Å². The fourth-order valence-electron chi connectivity index (χ4n) is 2.23. The number of hydrogen-bond acceptors (Lipinski definition) is 3. The van der Waals surface area contributed by atoms with E-state index < -0.39 is 0 Å². The summed E-state index contributed by atoms with van der Waals surface area (Å²) in [5.74, 6) is 0.487. The Morgan fingerprint density at radius 2 is 2.00 bits per heavy atom. The van der Waals surface area contributed by atoms with E-state index in [9.17, 15) is 0 Å². The predicted molar refractivity (Wildman–Crippen MR) is 76.5 cm³/mol. The van der Waals surface area contributed by atoms with Crippen LogP contribution >= 0.6 is 0 Å². The summed E-state index contributed by atoms with van der Waals surface area (Å²) in [4.78, 5) is 2.27. The van der Waals surface area contributed by atoms with Crippen LogP contribution in [0.3, 0.4) is 0 Å². The number of benzene rings is 1. The van der Waals surface area contributed by atoms with E-state index in [2.05, 4.69) is 17.9 Å². The van der Waals surface area contributed by atoms with E-state index >= 15 is 0 Å². The molecular weight excluding hydrogens is 222 g/mol. The molecule has 0 saturated carbocycles. The number of rotatable bonds is 1. The molecule has 0 radical (unpaired) electrons. The average Bonchev–Trinajstić information content (AvgIpc) is 2.44. The first-order valence-corrected chi connectivity index (χ1v) is 6.72. The van der Waals surface area contributed by atoms with Crippen molar-refractivity contribution in [2.24, 2.45) is 11.7 Å². The molecule has 2 rings (SSSR count). The molecule has 0 spiro atoms. The van der Waals surface area contributed by atoms with Crippen molar-refractivity contribution < 1.29 is 0 Å². The van der Waals surface area contributed by atoms with Crippen LogP contribution in [0.15, 0.2) is 24.3 Å². The Labute approximate surface area is 110 Å². The third kappa shape index (κ3) is 3.24. The maximum absolute atomic E-state index is 9.07. The highest BCUT2D eigenvalue weighted by Crippen LogP contribution is 2.25. The van der Waals surface area contributed by atoms with E-state index in [1.165, 1.54) is 0 Å². The minimum atomic E-state index is 0.297. The summed E-state index contributed by atoms with van der Waals surface area (Å²) in [5, 5.41) is 9.07. The van der Waals surface area contributed by atoms with E-state index in [0.717, 1.165) is 30.8 Å². The molecule has 2 atom stereocenters. The van der Waals surface area contributed by atoms with Gasteiger partial charge in [-0.05, 0) is 24.5 Å². The first kappa shape index (κ1) is 14.5. The topological polar surface area (TPSA) is 53.0 Å². The number of hydrogen-bond donors (Lipinski definition) is 1. The van der Waals surface area contributed by atoms with Gasteiger partial charge in [0.2, 0.25) is 0 Å². The lowest BCUT2D eigenvalue weighted by Crippen LogP contribution is -2.46. The van der Waals surface area contributed by atoms with Gasteiger partial charge in [-0.15, -0.1) is 0 Å². The second-order valence-electron chi connectivity index (χ2n) is 4.50. The largest absolute Gasteiger partial charge is 0.370 e. The van der Waals surface area contributed by atoms with Crippen molar-refractivity contribution in [3.05, 3.63) is 29.8 Å². The van der Waals surface area contributed by atoms with Crippen LogP contribution in [-0.4, -0.2) is 19.1 Å². The molecular formula is C15H23N3. The van der Waals surface area contributed by atoms with Gasteiger partial charge in [0.25, 0.3) is 0 Å². The highest BCUT2D eigenvalue weighted by atomic mass is 15.1. The number of nitrogens with two attached hydrogens (primary N) is 1. The van der Waals surface area contributed by atoms with Crippen molar-refractivity contribution in [3.63, 3.8) is 0 Å². The molecule has 1 aromatic rings. The zero-order valence-electron chi connectivity index (χ0n) is 11.6. The van der Waals surface area contributed by atoms with Crippen LogP contribution in [0.1, 0.15) is 32.8 Å². The molecule has 3 heteroatoms. The Morgan fingerprint density at radius 1 is 1.33 bits per heavy atom. The van der Waals surface area contributed by atoms with Gasteiger partial charge >= 0.3 is 0 Å². The van der Waals surface area contributed by atoms with Crippen LogP contribution in [0.5, 0.6) is 0 Å². The summed E-state index contributed by atoms with van der Waals surface area (Å²) in [6, 6.07) is 10.3. The minimum absolute atomic E-state index is 0.297. The standard InChI is InChI=1S/C13H17N3.C2H6/c1-10-9-16(7-6-12(10)15)13-5-3-2-4-11(13)8-14;1-2/h2-5,10,12H,6-7,9,15H2,1H3;1-2H3. The zero-order chi connectivity index (χ0) is 13.5. The second-order valence-corrected chi connectivity index (χ2v) is 4.50. The predicted octanol–water partition coefficient (Wildman–Crippen LogP) is 2.76. The van der Waals surface area contributed by atoms with Crippen LogP contribution in [0.4, 0.5) is 5.69 Å². The number of nitrogens with zero attached hydrogens (tertiary/aromatic N) is 2. The highest BCUT2D eigenvalue weighted by Gasteiger charge is 2.24. The summed E-state index contributed by atoms with van der Waals surface area (Å²) in [6.45, 7) is 8.07. The first-order valence-electron chi connectivity index (χ1n) is 6.72. The van der Waals surface area contributed by atoms with Gasteiger partial charge in [0.15, 0.2) is 0 Å². The summed E-state index contributed by atoms with van der Waals surface area (Å²) < 4.78 is 0. The zero-order valence-corrected chi connectivity index (χ0v) is 11.6. The van der Waals surface area contributed by atoms with Gasteiger partial charge in [0.1, 0.15) is 6.07 Å². The summed E-state index contributed by atoms with van der Waals surface area (Å²) in [5.41, 5.74) is 7.80. The maximum atomic E-state index is 9.07. The van der Waals surface area contributed by atoms with Crippen molar-refractivity contribution >= 4 is 5.69 Å². The summed E-state index contributed by atoms with van der Waals surface area (Å²) in [7, 11) is 0. The van der Waals surface area contributed by atoms with Crippen molar-refractivity contribution in [1.29, 1.82) is 5.26 Å². The lowest BCUT2D eigenvalue weighted by atomic mass is 9.94. The monoisotopic (exact) mass is 245 g/mol. The molecule has 98 valence electrons. The molecule has 2 unspecified atom stereocenters. The maximum Gasteiger partial charge on any atom is 0.101 e. The molecule has 1 saturated heterocycles. The van der Waals surface area contributed by atoms with Gasteiger partial charge in [0, 0.05) is 19.1 Å². The lowest BCUT2D eigenvalue weighted by Gasteiger charge is -2.36. The fraction of sp³-hybridized carbons (Fsp3) is 0.533. The van der Waals surface area contributed by atoms with Crippen LogP contribution < -0.4 is 10.6 Å². The third-order valence-electron chi connectivity index (χ3n) is 3.34. The average molecular weight is 245 g/mol. The van der Waals surface area contributed by atoms with Crippen molar-refractivity contribution in [3.8, 4) is 6.07 Å². The number of para-hydroxylation sites is 1. The molecule has 1 fully saturated rings. The third-order valence-corrected chi connectivity index (χ3v) is 3.34. The molecule has 0 amide bonds. The van der Waals surface area contributed by atoms with Gasteiger partial charge in [-0.1, -0.05) is 32.9 Å². The molecule has 1 aromatic carbocycles. The molecule has 1 aliphatic heterocycles. The molecule has 0 aromatic heterocycles. The Hall–Kier alpha value is -1.53. The van der Waals surface area contributed by atoms with Gasteiger partial charge in [-0.3, -0.25) is 0 Å². The quantitative estimate of drug-likeness (QED) is 0.827. The Bertz CT molecular complexity index is 408. The minimum Gasteiger partial charge on any atom is -0.370 e. The van der Waals surface area contributed by atoms with E-state index in [1.54, 1.807) is 0 Å². The smallest absolute Gasteiger partial charge is 0.101 e. The molecule has 0 bridgehead atoms. The van der Waals surface area contributed by atoms with Crippen LogP contribution in [0, 0.1) is 17.2 Å². The SMILES string of the molecule is CC.CC1CN(c2ccccc2C#N)CCC1N. The molecule has 18 heavy (non-hydrogen) atoms. The summed E-state index contributed by atoms with van der Waals surface area (Å²) in [6.07, 6.45) is 1.00. The molecule has 1 heterocycles. The highest BCUT2D eigenvalue weighted by molar-refractivity contribution is 5.59. The molecule has 0 aliphatic carbocycles. The normalized spacial score (nSPS) is 22.7. The fourth-order valence-corrected chi connectivity index (χ4v) is 2.23.